The number of rotatable bonds is 5. The van der Waals surface area contributed by atoms with Crippen molar-refractivity contribution in [1.82, 2.24) is 14.3 Å². The normalized spacial score (nSPS) is 12.3. The zero-order valence-corrected chi connectivity index (χ0v) is 17.5. The van der Waals surface area contributed by atoms with Crippen LogP contribution in [0.1, 0.15) is 5.56 Å². The van der Waals surface area contributed by atoms with Crippen LogP contribution in [0.25, 0.3) is 22.0 Å². The number of hydrogen-bond acceptors (Lipinski definition) is 6. The van der Waals surface area contributed by atoms with Gasteiger partial charge in [-0.2, -0.15) is 0 Å². The summed E-state index contributed by atoms with van der Waals surface area (Å²) in [6, 6.07) is 14.4. The summed E-state index contributed by atoms with van der Waals surface area (Å²) in [5, 5.41) is 1.90. The van der Waals surface area contributed by atoms with Gasteiger partial charge in [0.25, 0.3) is 5.22 Å². The molecule has 6 nitrogen and oxygen atoms in total. The third-order valence-corrected chi connectivity index (χ3v) is 7.23. The standard InChI is InChI=1S/C19H16ClN3O3S2/c1-23(2)28(24,25)14-7-8-17-16(10-14)22-19(26-17)27-11-13-9-12-5-3-4-6-15(12)21-18(13)20/h3-10H,11H2,1-2H3. The number of thioether (sulfide) groups is 1. The van der Waals surface area contributed by atoms with Gasteiger partial charge < -0.3 is 4.42 Å². The van der Waals surface area contributed by atoms with E-state index in [0.717, 1.165) is 16.5 Å². The largest absolute Gasteiger partial charge is 0.431 e. The molecule has 0 aliphatic carbocycles. The average molecular weight is 434 g/mol. The summed E-state index contributed by atoms with van der Waals surface area (Å²) in [6.07, 6.45) is 0. The van der Waals surface area contributed by atoms with Crippen molar-refractivity contribution < 1.29 is 12.8 Å². The Hall–Kier alpha value is -2.13. The van der Waals surface area contributed by atoms with E-state index < -0.39 is 10.0 Å². The molecular weight excluding hydrogens is 418 g/mol. The van der Waals surface area contributed by atoms with Crippen LogP contribution >= 0.6 is 23.4 Å². The number of fused-ring (bicyclic) bond motifs is 2. The molecule has 2 aromatic carbocycles. The number of aromatic nitrogens is 2. The molecule has 28 heavy (non-hydrogen) atoms. The van der Waals surface area contributed by atoms with Crippen LogP contribution < -0.4 is 0 Å². The summed E-state index contributed by atoms with van der Waals surface area (Å²) in [7, 11) is -0.540. The van der Waals surface area contributed by atoms with Gasteiger partial charge in [0, 0.05) is 30.8 Å². The van der Waals surface area contributed by atoms with E-state index in [1.54, 1.807) is 6.07 Å². The third-order valence-electron chi connectivity index (χ3n) is 4.22. The topological polar surface area (TPSA) is 76.3 Å². The van der Waals surface area contributed by atoms with Gasteiger partial charge in [0.15, 0.2) is 5.58 Å². The summed E-state index contributed by atoms with van der Waals surface area (Å²) in [5.74, 6) is 0.534. The van der Waals surface area contributed by atoms with Crippen LogP contribution in [0.2, 0.25) is 5.15 Å². The average Bonchev–Trinajstić information content (AvgIpc) is 3.08. The van der Waals surface area contributed by atoms with Crippen molar-refractivity contribution in [1.29, 1.82) is 0 Å². The molecule has 0 spiro atoms. The lowest BCUT2D eigenvalue weighted by Gasteiger charge is -2.10. The number of oxazole rings is 1. The maximum absolute atomic E-state index is 12.3. The van der Waals surface area contributed by atoms with Crippen molar-refractivity contribution in [3.63, 3.8) is 0 Å². The highest BCUT2D eigenvalue weighted by Crippen LogP contribution is 2.30. The summed E-state index contributed by atoms with van der Waals surface area (Å²) in [5.41, 5.74) is 2.75. The van der Waals surface area contributed by atoms with E-state index in [-0.39, 0.29) is 4.90 Å². The van der Waals surface area contributed by atoms with Gasteiger partial charge in [0.05, 0.1) is 10.4 Å². The molecule has 2 aromatic heterocycles. The third kappa shape index (κ3) is 3.60. The molecule has 0 N–H and O–H groups in total. The monoisotopic (exact) mass is 433 g/mol. The van der Waals surface area contributed by atoms with E-state index in [4.69, 9.17) is 16.0 Å². The lowest BCUT2D eigenvalue weighted by atomic mass is 10.2. The Morgan fingerprint density at radius 2 is 1.86 bits per heavy atom. The number of pyridine rings is 1. The van der Waals surface area contributed by atoms with Gasteiger partial charge in [-0.3, -0.25) is 0 Å². The summed E-state index contributed by atoms with van der Waals surface area (Å²) in [4.78, 5) is 9.00. The maximum Gasteiger partial charge on any atom is 0.257 e. The molecule has 0 aliphatic rings. The molecule has 4 rings (SSSR count). The molecule has 0 saturated heterocycles. The molecule has 0 saturated carbocycles. The molecule has 0 amide bonds. The van der Waals surface area contributed by atoms with Gasteiger partial charge in [-0.25, -0.2) is 22.7 Å². The summed E-state index contributed by atoms with van der Waals surface area (Å²) < 4.78 is 31.4. The number of halogens is 1. The minimum Gasteiger partial charge on any atom is -0.431 e. The van der Waals surface area contributed by atoms with Crippen molar-refractivity contribution >= 4 is 55.4 Å². The van der Waals surface area contributed by atoms with Gasteiger partial charge in [-0.05, 0) is 30.3 Å². The minimum absolute atomic E-state index is 0.177. The Bertz CT molecular complexity index is 1290. The van der Waals surface area contributed by atoms with Crippen molar-refractivity contribution in [2.75, 3.05) is 14.1 Å². The summed E-state index contributed by atoms with van der Waals surface area (Å²) >= 11 is 7.68. The van der Waals surface area contributed by atoms with E-state index in [0.29, 0.717) is 27.2 Å². The highest BCUT2D eigenvalue weighted by Gasteiger charge is 2.19. The second-order valence-corrected chi connectivity index (χ2v) is 9.75. The van der Waals surface area contributed by atoms with Crippen LogP contribution in [0, 0.1) is 0 Å². The first kappa shape index (κ1) is 19.2. The first-order valence-electron chi connectivity index (χ1n) is 8.35. The first-order valence-corrected chi connectivity index (χ1v) is 11.1. The predicted molar refractivity (Wildman–Crippen MR) is 111 cm³/mol. The van der Waals surface area contributed by atoms with Gasteiger partial charge in [0.1, 0.15) is 10.7 Å². The van der Waals surface area contributed by atoms with E-state index in [9.17, 15) is 8.42 Å². The smallest absolute Gasteiger partial charge is 0.257 e. The minimum atomic E-state index is -3.52. The van der Waals surface area contributed by atoms with Crippen molar-refractivity contribution in [3.8, 4) is 0 Å². The van der Waals surface area contributed by atoms with Crippen molar-refractivity contribution in [2.45, 2.75) is 15.9 Å². The Labute approximate surface area is 171 Å². The quantitative estimate of drug-likeness (QED) is 0.339. The molecule has 0 radical (unpaired) electrons. The number of para-hydroxylation sites is 1. The van der Waals surface area contributed by atoms with Gasteiger partial charge in [0.2, 0.25) is 10.0 Å². The number of sulfonamides is 1. The van der Waals surface area contributed by atoms with Crippen LogP contribution in [0.15, 0.2) is 63.1 Å². The highest BCUT2D eigenvalue weighted by molar-refractivity contribution is 7.98. The fraction of sp³-hybridized carbons (Fsp3) is 0.158. The zero-order chi connectivity index (χ0) is 19.9. The van der Waals surface area contributed by atoms with Crippen LogP contribution in [0.3, 0.4) is 0 Å². The molecular formula is C19H16ClN3O3S2. The van der Waals surface area contributed by atoms with E-state index >= 15 is 0 Å². The van der Waals surface area contributed by atoms with Crippen LogP contribution in [0.5, 0.6) is 0 Å². The Kier molecular flexibility index (Phi) is 5.05. The van der Waals surface area contributed by atoms with Crippen molar-refractivity contribution in [3.05, 3.63) is 59.2 Å². The molecule has 0 bridgehead atoms. The SMILES string of the molecule is CN(C)S(=O)(=O)c1ccc2oc(SCc3cc4ccccc4nc3Cl)nc2c1. The van der Waals surface area contributed by atoms with Crippen LogP contribution in [-0.2, 0) is 15.8 Å². The molecule has 0 unspecified atom stereocenters. The molecule has 0 aliphatic heterocycles. The van der Waals surface area contributed by atoms with Crippen molar-refractivity contribution in [2.24, 2.45) is 0 Å². The van der Waals surface area contributed by atoms with Gasteiger partial charge in [-0.1, -0.05) is 41.6 Å². The highest BCUT2D eigenvalue weighted by atomic mass is 35.5. The second kappa shape index (κ2) is 7.36. The van der Waals surface area contributed by atoms with E-state index in [2.05, 4.69) is 9.97 Å². The number of benzene rings is 2. The molecule has 4 aromatic rings. The Morgan fingerprint density at radius 3 is 2.64 bits per heavy atom. The van der Waals surface area contributed by atoms with Crippen LogP contribution in [-0.4, -0.2) is 36.8 Å². The molecule has 9 heteroatoms. The Balaban J connectivity index is 1.60. The van der Waals surface area contributed by atoms with E-state index in [1.807, 2.05) is 30.3 Å². The maximum atomic E-state index is 12.3. The number of hydrogen-bond donors (Lipinski definition) is 0. The Morgan fingerprint density at radius 1 is 1.07 bits per heavy atom. The van der Waals surface area contributed by atoms with Gasteiger partial charge in [-0.15, -0.1) is 0 Å². The molecule has 0 atom stereocenters. The van der Waals surface area contributed by atoms with E-state index in [1.165, 1.54) is 42.3 Å². The summed E-state index contributed by atoms with van der Waals surface area (Å²) in [6.45, 7) is 0. The van der Waals surface area contributed by atoms with Crippen LogP contribution in [0.4, 0.5) is 0 Å². The molecule has 2 heterocycles. The molecule has 144 valence electrons. The predicted octanol–water partition coefficient (Wildman–Crippen LogP) is 4.57. The van der Waals surface area contributed by atoms with Gasteiger partial charge >= 0.3 is 0 Å². The first-order chi connectivity index (χ1) is 13.3. The lowest BCUT2D eigenvalue weighted by Crippen LogP contribution is -2.22. The zero-order valence-electron chi connectivity index (χ0n) is 15.1. The second-order valence-electron chi connectivity index (χ2n) is 6.32. The fourth-order valence-electron chi connectivity index (χ4n) is 2.70. The fourth-order valence-corrected chi connectivity index (χ4v) is 4.72. The number of nitrogens with zero attached hydrogens (tertiary/aromatic N) is 3. The lowest BCUT2D eigenvalue weighted by molar-refractivity contribution is 0.489. The molecule has 0 fully saturated rings.